The molecule has 96 valence electrons. The van der Waals surface area contributed by atoms with Crippen LogP contribution in [0.15, 0.2) is 18.3 Å². The average Bonchev–Trinajstić information content (AvgIpc) is 2.68. The molecule has 5 heteroatoms. The standard InChI is InChI=1S/C13H16N2O3/c1-8-6-15(7-9(8)2)12(16)11-10(13(17)18)4-3-5-14-11/h3-5,8-9H,6-7H2,1-2H3,(H,17,18). The molecule has 2 heterocycles. The summed E-state index contributed by atoms with van der Waals surface area (Å²) in [5, 5.41) is 9.05. The van der Waals surface area contributed by atoms with Gasteiger partial charge in [-0.3, -0.25) is 9.78 Å². The Labute approximate surface area is 105 Å². The van der Waals surface area contributed by atoms with E-state index in [1.165, 1.54) is 18.3 Å². The SMILES string of the molecule is CC1CN(C(=O)c2ncccc2C(=O)O)CC1C. The van der Waals surface area contributed by atoms with E-state index in [1.807, 2.05) is 0 Å². The lowest BCUT2D eigenvalue weighted by atomic mass is 10.0. The van der Waals surface area contributed by atoms with E-state index in [1.54, 1.807) is 4.90 Å². The van der Waals surface area contributed by atoms with Crippen molar-refractivity contribution in [1.29, 1.82) is 0 Å². The molecule has 1 aliphatic rings. The first-order valence-corrected chi connectivity index (χ1v) is 5.98. The molecule has 1 N–H and O–H groups in total. The first-order valence-electron chi connectivity index (χ1n) is 5.98. The van der Waals surface area contributed by atoms with Gasteiger partial charge in [0.15, 0.2) is 0 Å². The molecule has 0 aliphatic carbocycles. The van der Waals surface area contributed by atoms with Crippen molar-refractivity contribution in [3.63, 3.8) is 0 Å². The second-order valence-electron chi connectivity index (χ2n) is 4.87. The number of hydrogen-bond acceptors (Lipinski definition) is 3. The van der Waals surface area contributed by atoms with Gasteiger partial charge in [0.1, 0.15) is 5.69 Å². The summed E-state index contributed by atoms with van der Waals surface area (Å²) in [7, 11) is 0. The molecule has 0 aromatic carbocycles. The van der Waals surface area contributed by atoms with E-state index >= 15 is 0 Å². The molecule has 0 bridgehead atoms. The van der Waals surface area contributed by atoms with E-state index in [2.05, 4.69) is 18.8 Å². The van der Waals surface area contributed by atoms with Gasteiger partial charge in [0.25, 0.3) is 5.91 Å². The number of carboxylic acid groups (broad SMARTS) is 1. The molecule has 0 spiro atoms. The van der Waals surface area contributed by atoms with Crippen LogP contribution in [0.1, 0.15) is 34.7 Å². The molecule has 0 radical (unpaired) electrons. The minimum atomic E-state index is -1.12. The zero-order valence-corrected chi connectivity index (χ0v) is 10.5. The van der Waals surface area contributed by atoms with Gasteiger partial charge in [-0.15, -0.1) is 0 Å². The Morgan fingerprint density at radius 3 is 2.50 bits per heavy atom. The van der Waals surface area contributed by atoms with E-state index < -0.39 is 5.97 Å². The van der Waals surface area contributed by atoms with Crippen LogP contribution in [-0.4, -0.2) is 40.0 Å². The minimum Gasteiger partial charge on any atom is -0.478 e. The van der Waals surface area contributed by atoms with Gasteiger partial charge in [-0.1, -0.05) is 13.8 Å². The Hall–Kier alpha value is -1.91. The van der Waals surface area contributed by atoms with Gasteiger partial charge in [-0.2, -0.15) is 0 Å². The second kappa shape index (κ2) is 4.76. The molecule has 5 nitrogen and oxygen atoms in total. The second-order valence-corrected chi connectivity index (χ2v) is 4.87. The van der Waals surface area contributed by atoms with Crippen molar-refractivity contribution in [1.82, 2.24) is 9.88 Å². The number of hydrogen-bond donors (Lipinski definition) is 1. The lowest BCUT2D eigenvalue weighted by Gasteiger charge is -2.16. The average molecular weight is 248 g/mol. The van der Waals surface area contributed by atoms with Crippen LogP contribution in [0.5, 0.6) is 0 Å². The number of amides is 1. The van der Waals surface area contributed by atoms with Crippen molar-refractivity contribution < 1.29 is 14.7 Å². The topological polar surface area (TPSA) is 70.5 Å². The van der Waals surface area contributed by atoms with Gasteiger partial charge < -0.3 is 10.0 Å². The number of aromatic nitrogens is 1. The summed E-state index contributed by atoms with van der Waals surface area (Å²) in [6.45, 7) is 5.51. The van der Waals surface area contributed by atoms with Crippen molar-refractivity contribution in [3.8, 4) is 0 Å². The van der Waals surface area contributed by atoms with E-state index in [0.717, 1.165) is 0 Å². The van der Waals surface area contributed by atoms with Crippen molar-refractivity contribution in [2.75, 3.05) is 13.1 Å². The molecule has 1 aliphatic heterocycles. The summed E-state index contributed by atoms with van der Waals surface area (Å²) >= 11 is 0. The Morgan fingerprint density at radius 1 is 1.33 bits per heavy atom. The van der Waals surface area contributed by atoms with E-state index in [9.17, 15) is 9.59 Å². The molecule has 1 fully saturated rings. The van der Waals surface area contributed by atoms with Crippen LogP contribution in [0.4, 0.5) is 0 Å². The first kappa shape index (κ1) is 12.5. The van der Waals surface area contributed by atoms with E-state index in [4.69, 9.17) is 5.11 Å². The molecule has 0 saturated carbocycles. The molecule has 1 aromatic heterocycles. The summed E-state index contributed by atoms with van der Waals surface area (Å²) in [5.74, 6) is -0.534. The third-order valence-electron chi connectivity index (χ3n) is 3.52. The van der Waals surface area contributed by atoms with Gasteiger partial charge in [-0.05, 0) is 24.0 Å². The highest BCUT2D eigenvalue weighted by atomic mass is 16.4. The van der Waals surface area contributed by atoms with Gasteiger partial charge in [0, 0.05) is 19.3 Å². The maximum Gasteiger partial charge on any atom is 0.338 e. The Kier molecular flexibility index (Phi) is 3.32. The monoisotopic (exact) mass is 248 g/mol. The number of pyridine rings is 1. The van der Waals surface area contributed by atoms with Crippen LogP contribution in [0.3, 0.4) is 0 Å². The molecule has 2 rings (SSSR count). The number of nitrogens with zero attached hydrogens (tertiary/aromatic N) is 2. The fourth-order valence-corrected chi connectivity index (χ4v) is 2.19. The van der Waals surface area contributed by atoms with Gasteiger partial charge in [0.2, 0.25) is 0 Å². The molecular formula is C13H16N2O3. The molecule has 1 saturated heterocycles. The lowest BCUT2D eigenvalue weighted by molar-refractivity contribution is 0.0678. The smallest absolute Gasteiger partial charge is 0.338 e. The van der Waals surface area contributed by atoms with Crippen molar-refractivity contribution in [2.24, 2.45) is 11.8 Å². The minimum absolute atomic E-state index is 0.0327. The maximum absolute atomic E-state index is 12.3. The molecule has 18 heavy (non-hydrogen) atoms. The quantitative estimate of drug-likeness (QED) is 0.861. The third-order valence-corrected chi connectivity index (χ3v) is 3.52. The number of likely N-dealkylation sites (tertiary alicyclic amines) is 1. The van der Waals surface area contributed by atoms with Gasteiger partial charge in [-0.25, -0.2) is 4.79 Å². The van der Waals surface area contributed by atoms with Crippen LogP contribution in [0.2, 0.25) is 0 Å². The number of carbonyl (C=O) groups excluding carboxylic acids is 1. The summed E-state index contributed by atoms with van der Waals surface area (Å²) < 4.78 is 0. The zero-order chi connectivity index (χ0) is 13.3. The van der Waals surface area contributed by atoms with Crippen LogP contribution in [0, 0.1) is 11.8 Å². The summed E-state index contributed by atoms with van der Waals surface area (Å²) in [6, 6.07) is 2.93. The Balaban J connectivity index is 2.27. The largest absolute Gasteiger partial charge is 0.478 e. The van der Waals surface area contributed by atoms with Crippen LogP contribution in [-0.2, 0) is 0 Å². The number of aromatic carboxylic acids is 1. The highest BCUT2D eigenvalue weighted by Crippen LogP contribution is 2.24. The molecule has 2 atom stereocenters. The van der Waals surface area contributed by atoms with Gasteiger partial charge in [0.05, 0.1) is 5.56 Å². The molecule has 1 amide bonds. The molecule has 1 aromatic rings. The van der Waals surface area contributed by atoms with Crippen LogP contribution >= 0.6 is 0 Å². The summed E-state index contributed by atoms with van der Waals surface area (Å²) in [4.78, 5) is 28.9. The molecular weight excluding hydrogens is 232 g/mol. The highest BCUT2D eigenvalue weighted by molar-refractivity contribution is 6.03. The summed E-state index contributed by atoms with van der Waals surface area (Å²) in [6.07, 6.45) is 1.45. The number of carboxylic acids is 1. The van der Waals surface area contributed by atoms with Crippen LogP contribution in [0.25, 0.3) is 0 Å². The summed E-state index contributed by atoms with van der Waals surface area (Å²) in [5.41, 5.74) is 0.000932. The Bertz CT molecular complexity index is 477. The number of rotatable bonds is 2. The first-order chi connectivity index (χ1) is 8.50. The fourth-order valence-electron chi connectivity index (χ4n) is 2.19. The Morgan fingerprint density at radius 2 is 1.94 bits per heavy atom. The fraction of sp³-hybridized carbons (Fsp3) is 0.462. The predicted octanol–water partition coefficient (Wildman–Crippen LogP) is 1.51. The van der Waals surface area contributed by atoms with E-state index in [-0.39, 0.29) is 17.2 Å². The van der Waals surface area contributed by atoms with Crippen LogP contribution < -0.4 is 0 Å². The normalized spacial score (nSPS) is 23.1. The van der Waals surface area contributed by atoms with E-state index in [0.29, 0.717) is 24.9 Å². The van der Waals surface area contributed by atoms with Crippen molar-refractivity contribution in [2.45, 2.75) is 13.8 Å². The molecule has 2 unspecified atom stereocenters. The zero-order valence-electron chi connectivity index (χ0n) is 10.5. The third kappa shape index (κ3) is 2.20. The lowest BCUT2D eigenvalue weighted by Crippen LogP contribution is -2.31. The number of carbonyl (C=O) groups is 2. The van der Waals surface area contributed by atoms with Crippen molar-refractivity contribution in [3.05, 3.63) is 29.6 Å². The predicted molar refractivity (Wildman–Crippen MR) is 65.4 cm³/mol. The highest BCUT2D eigenvalue weighted by Gasteiger charge is 2.32. The maximum atomic E-state index is 12.3. The van der Waals surface area contributed by atoms with Crippen molar-refractivity contribution >= 4 is 11.9 Å². The van der Waals surface area contributed by atoms with Gasteiger partial charge >= 0.3 is 5.97 Å².